The van der Waals surface area contributed by atoms with Gasteiger partial charge in [-0.05, 0) is 36.8 Å². The smallest absolute Gasteiger partial charge is 0.326 e. The predicted molar refractivity (Wildman–Crippen MR) is 122 cm³/mol. The van der Waals surface area contributed by atoms with Gasteiger partial charge in [0.25, 0.3) is 5.56 Å². The quantitative estimate of drug-likeness (QED) is 0.409. The summed E-state index contributed by atoms with van der Waals surface area (Å²) in [6.45, 7) is 3.29. The Morgan fingerprint density at radius 2 is 1.69 bits per heavy atom. The molecule has 0 aliphatic rings. The molecule has 5 aromatic rings. The van der Waals surface area contributed by atoms with Crippen molar-refractivity contribution in [3.05, 3.63) is 81.1 Å². The van der Waals surface area contributed by atoms with Crippen LogP contribution in [0.25, 0.3) is 38.9 Å². The van der Waals surface area contributed by atoms with Crippen LogP contribution in [0.3, 0.4) is 0 Å². The maximum atomic E-state index is 12.8. The van der Waals surface area contributed by atoms with Gasteiger partial charge < -0.3 is 5.32 Å². The van der Waals surface area contributed by atoms with E-state index in [1.54, 1.807) is 16.8 Å². The molecule has 0 fully saturated rings. The topological polar surface area (TPSA) is 126 Å². The van der Waals surface area contributed by atoms with Gasteiger partial charge in [-0.3, -0.25) is 19.6 Å². The molecule has 0 spiro atoms. The van der Waals surface area contributed by atoms with Gasteiger partial charge >= 0.3 is 5.69 Å². The Bertz CT molecular complexity index is 1610. The minimum Gasteiger partial charge on any atom is -0.326 e. The highest BCUT2D eigenvalue weighted by Gasteiger charge is 2.21. The van der Waals surface area contributed by atoms with Gasteiger partial charge in [-0.1, -0.05) is 30.3 Å². The third-order valence-corrected chi connectivity index (χ3v) is 5.17. The second-order valence-corrected chi connectivity index (χ2v) is 7.41. The number of carbonyl (C=O) groups is 1. The lowest BCUT2D eigenvalue weighted by Gasteiger charge is -2.10. The van der Waals surface area contributed by atoms with Crippen LogP contribution in [0.4, 0.5) is 5.69 Å². The zero-order valence-electron chi connectivity index (χ0n) is 17.3. The largest absolute Gasteiger partial charge is 0.327 e. The molecule has 3 heterocycles. The fourth-order valence-corrected chi connectivity index (χ4v) is 3.89. The standard InChI is InChI=1S/C23H18N6O3/c1-12-17-18(14-8-10-15(11-9-14)24-13(2)30)19-20(26-23(32)27-22(19)31)25-21(17)29(28-12)16-6-4-3-5-7-16/h3-11H,1-2H3,(H,24,30)(H2,25,26,27,31,32). The molecule has 9 nitrogen and oxygen atoms in total. The van der Waals surface area contributed by atoms with E-state index in [9.17, 15) is 14.4 Å². The van der Waals surface area contributed by atoms with Crippen molar-refractivity contribution in [1.82, 2.24) is 24.7 Å². The summed E-state index contributed by atoms with van der Waals surface area (Å²) in [5.41, 5.74) is 2.97. The number of amides is 1. The van der Waals surface area contributed by atoms with E-state index in [0.29, 0.717) is 28.0 Å². The Balaban J connectivity index is 1.89. The monoisotopic (exact) mass is 426 g/mol. The third kappa shape index (κ3) is 3.16. The molecule has 3 aromatic heterocycles. The summed E-state index contributed by atoms with van der Waals surface area (Å²) >= 11 is 0. The second-order valence-electron chi connectivity index (χ2n) is 7.41. The van der Waals surface area contributed by atoms with Crippen molar-refractivity contribution in [3.8, 4) is 16.8 Å². The Hall–Kier alpha value is -4.53. The number of benzene rings is 2. The first kappa shape index (κ1) is 19.4. The number of nitrogens with one attached hydrogen (secondary N) is 3. The van der Waals surface area contributed by atoms with Crippen molar-refractivity contribution in [1.29, 1.82) is 0 Å². The first-order valence-electron chi connectivity index (χ1n) is 9.91. The number of aryl methyl sites for hydroxylation is 1. The third-order valence-electron chi connectivity index (χ3n) is 5.17. The van der Waals surface area contributed by atoms with Crippen molar-refractivity contribution < 1.29 is 4.79 Å². The van der Waals surface area contributed by atoms with E-state index in [2.05, 4.69) is 25.4 Å². The number of hydrogen-bond donors (Lipinski definition) is 3. The zero-order chi connectivity index (χ0) is 22.4. The van der Waals surface area contributed by atoms with Gasteiger partial charge in [0.1, 0.15) is 5.65 Å². The van der Waals surface area contributed by atoms with E-state index in [-0.39, 0.29) is 16.9 Å². The fraction of sp³-hybridized carbons (Fsp3) is 0.0870. The lowest BCUT2D eigenvalue weighted by Crippen LogP contribution is -2.23. The molecule has 0 saturated carbocycles. The van der Waals surface area contributed by atoms with Crippen LogP contribution in [0, 0.1) is 6.92 Å². The van der Waals surface area contributed by atoms with E-state index < -0.39 is 11.2 Å². The molecule has 2 aromatic carbocycles. The number of pyridine rings is 1. The second kappa shape index (κ2) is 7.31. The molecular formula is C23H18N6O3. The number of carbonyl (C=O) groups excluding carboxylic acids is 1. The van der Waals surface area contributed by atoms with E-state index in [1.165, 1.54) is 6.92 Å². The summed E-state index contributed by atoms with van der Waals surface area (Å²) in [6.07, 6.45) is 0. The van der Waals surface area contributed by atoms with Crippen molar-refractivity contribution >= 4 is 33.7 Å². The molecule has 158 valence electrons. The summed E-state index contributed by atoms with van der Waals surface area (Å²) in [5.74, 6) is -0.177. The molecule has 0 unspecified atom stereocenters. The van der Waals surface area contributed by atoms with Gasteiger partial charge in [-0.2, -0.15) is 5.10 Å². The van der Waals surface area contributed by atoms with Gasteiger partial charge in [0, 0.05) is 18.2 Å². The average molecular weight is 426 g/mol. The summed E-state index contributed by atoms with van der Waals surface area (Å²) in [7, 11) is 0. The Kier molecular flexibility index (Phi) is 4.44. The minimum absolute atomic E-state index is 0.171. The fourth-order valence-electron chi connectivity index (χ4n) is 3.89. The lowest BCUT2D eigenvalue weighted by atomic mass is 9.98. The zero-order valence-corrected chi connectivity index (χ0v) is 17.3. The first-order chi connectivity index (χ1) is 15.4. The van der Waals surface area contributed by atoms with Crippen LogP contribution in [0.5, 0.6) is 0 Å². The van der Waals surface area contributed by atoms with Gasteiger partial charge in [0.2, 0.25) is 5.91 Å². The summed E-state index contributed by atoms with van der Waals surface area (Å²) in [4.78, 5) is 45.7. The Morgan fingerprint density at radius 3 is 2.38 bits per heavy atom. The minimum atomic E-state index is -0.635. The average Bonchev–Trinajstić information content (AvgIpc) is 3.09. The van der Waals surface area contributed by atoms with E-state index >= 15 is 0 Å². The molecule has 9 heteroatoms. The summed E-state index contributed by atoms with van der Waals surface area (Å²) in [5, 5.41) is 8.37. The van der Waals surface area contributed by atoms with Crippen LogP contribution < -0.4 is 16.6 Å². The molecule has 0 aliphatic carbocycles. The molecule has 0 radical (unpaired) electrons. The highest BCUT2D eigenvalue weighted by molar-refractivity contribution is 6.09. The Labute approximate surface area is 180 Å². The molecule has 0 saturated heterocycles. The molecule has 1 amide bonds. The number of H-pyrrole nitrogens is 2. The normalized spacial score (nSPS) is 11.2. The van der Waals surface area contributed by atoms with Crippen LogP contribution in [0.15, 0.2) is 64.2 Å². The van der Waals surface area contributed by atoms with Crippen LogP contribution >= 0.6 is 0 Å². The predicted octanol–water partition coefficient (Wildman–Crippen LogP) is 2.88. The highest BCUT2D eigenvalue weighted by Crippen LogP contribution is 2.35. The lowest BCUT2D eigenvalue weighted by molar-refractivity contribution is -0.114. The number of nitrogens with zero attached hydrogens (tertiary/aromatic N) is 3. The van der Waals surface area contributed by atoms with E-state index in [0.717, 1.165) is 11.3 Å². The summed E-state index contributed by atoms with van der Waals surface area (Å²) < 4.78 is 1.69. The molecule has 0 atom stereocenters. The molecule has 5 rings (SSSR count). The van der Waals surface area contributed by atoms with Gasteiger partial charge in [-0.15, -0.1) is 0 Å². The summed E-state index contributed by atoms with van der Waals surface area (Å²) in [6, 6.07) is 16.6. The maximum absolute atomic E-state index is 12.8. The van der Waals surface area contributed by atoms with Gasteiger partial charge in [0.15, 0.2) is 5.65 Å². The molecular weight excluding hydrogens is 408 g/mol. The number of rotatable bonds is 3. The van der Waals surface area contributed by atoms with Gasteiger partial charge in [-0.25, -0.2) is 14.5 Å². The number of para-hydroxylation sites is 1. The van der Waals surface area contributed by atoms with Crippen LogP contribution in [0.1, 0.15) is 12.6 Å². The van der Waals surface area contributed by atoms with Crippen LogP contribution in [-0.4, -0.2) is 30.6 Å². The first-order valence-corrected chi connectivity index (χ1v) is 9.91. The van der Waals surface area contributed by atoms with Crippen LogP contribution in [0.2, 0.25) is 0 Å². The highest BCUT2D eigenvalue weighted by atomic mass is 16.2. The number of hydrogen-bond acceptors (Lipinski definition) is 5. The number of aromatic nitrogens is 5. The van der Waals surface area contributed by atoms with Crippen molar-refractivity contribution in [3.63, 3.8) is 0 Å². The molecule has 32 heavy (non-hydrogen) atoms. The van der Waals surface area contributed by atoms with Crippen molar-refractivity contribution in [2.24, 2.45) is 0 Å². The SMILES string of the molecule is CC(=O)Nc1ccc(-c2c3c(C)nn(-c4ccccc4)c3nc3[nH]c(=O)[nH]c(=O)c23)cc1. The molecule has 0 aliphatic heterocycles. The number of fused-ring (bicyclic) bond motifs is 2. The molecule has 0 bridgehead atoms. The van der Waals surface area contributed by atoms with E-state index in [4.69, 9.17) is 0 Å². The number of anilines is 1. The number of aromatic amines is 2. The Morgan fingerprint density at radius 1 is 0.969 bits per heavy atom. The molecule has 3 N–H and O–H groups in total. The van der Waals surface area contributed by atoms with Crippen molar-refractivity contribution in [2.75, 3.05) is 5.32 Å². The van der Waals surface area contributed by atoms with Gasteiger partial charge in [0.05, 0.1) is 22.2 Å². The van der Waals surface area contributed by atoms with Crippen LogP contribution in [-0.2, 0) is 4.79 Å². The maximum Gasteiger partial charge on any atom is 0.327 e. The van der Waals surface area contributed by atoms with E-state index in [1.807, 2.05) is 49.4 Å². The van der Waals surface area contributed by atoms with Crippen molar-refractivity contribution in [2.45, 2.75) is 13.8 Å².